The molecule has 7 heteroatoms. The van der Waals surface area contributed by atoms with Crippen molar-refractivity contribution in [2.24, 2.45) is 5.41 Å². The number of urea groups is 1. The molecule has 1 saturated heterocycles. The van der Waals surface area contributed by atoms with E-state index in [1.54, 1.807) is 41.8 Å². The number of carboxylic acids is 1. The highest BCUT2D eigenvalue weighted by Gasteiger charge is 2.42. The summed E-state index contributed by atoms with van der Waals surface area (Å²) in [4.78, 5) is 26.1. The number of hydrogen-bond acceptors (Lipinski definition) is 3. The molecular formula is C16H21ClN2O3S. The molecular weight excluding hydrogens is 336 g/mol. The minimum Gasteiger partial charge on any atom is -0.481 e. The molecule has 1 heterocycles. The standard InChI is InChI=1S/C16H21ClN2O3S/c1-10(2)23-13-11(17)5-4-6-12(13)18-15(22)19-8-7-16(3,9-19)14(20)21/h4-6,10H,7-9H2,1-3H3,(H,18,22)(H,20,21). The molecule has 1 aliphatic rings. The number of carbonyl (C=O) groups is 2. The second-order valence-corrected chi connectivity index (χ2v) is 8.24. The van der Waals surface area contributed by atoms with E-state index in [2.05, 4.69) is 19.2 Å². The zero-order valence-electron chi connectivity index (χ0n) is 13.4. The van der Waals surface area contributed by atoms with Crippen molar-refractivity contribution in [3.63, 3.8) is 0 Å². The molecule has 1 aliphatic heterocycles. The summed E-state index contributed by atoms with van der Waals surface area (Å²) >= 11 is 7.82. The maximum absolute atomic E-state index is 12.4. The first-order chi connectivity index (χ1) is 10.7. The molecule has 126 valence electrons. The van der Waals surface area contributed by atoms with E-state index in [1.165, 1.54) is 0 Å². The molecule has 0 aromatic heterocycles. The molecule has 0 spiro atoms. The van der Waals surface area contributed by atoms with Gasteiger partial charge in [0.15, 0.2) is 0 Å². The fourth-order valence-corrected chi connectivity index (χ4v) is 3.67. The third kappa shape index (κ3) is 4.12. The molecule has 2 amide bonds. The van der Waals surface area contributed by atoms with Gasteiger partial charge in [-0.25, -0.2) is 4.79 Å². The minimum atomic E-state index is -0.874. The maximum atomic E-state index is 12.4. The zero-order chi connectivity index (χ0) is 17.2. The molecule has 1 aromatic carbocycles. The summed E-state index contributed by atoms with van der Waals surface area (Å²) in [7, 11) is 0. The normalized spacial score (nSPS) is 20.8. The van der Waals surface area contributed by atoms with Crippen LogP contribution in [-0.4, -0.2) is 40.3 Å². The Morgan fingerprint density at radius 2 is 2.13 bits per heavy atom. The Morgan fingerprint density at radius 3 is 2.70 bits per heavy atom. The summed E-state index contributed by atoms with van der Waals surface area (Å²) in [5, 5.41) is 13.0. The van der Waals surface area contributed by atoms with Crippen LogP contribution in [0.15, 0.2) is 23.1 Å². The van der Waals surface area contributed by atoms with Crippen LogP contribution in [0.25, 0.3) is 0 Å². The van der Waals surface area contributed by atoms with E-state index < -0.39 is 11.4 Å². The van der Waals surface area contributed by atoms with Crippen LogP contribution in [0.3, 0.4) is 0 Å². The zero-order valence-corrected chi connectivity index (χ0v) is 15.0. The molecule has 0 aliphatic carbocycles. The number of amides is 2. The lowest BCUT2D eigenvalue weighted by atomic mass is 9.90. The number of rotatable bonds is 4. The average molecular weight is 357 g/mol. The Hall–Kier alpha value is -1.40. The van der Waals surface area contributed by atoms with Crippen molar-refractivity contribution in [1.82, 2.24) is 4.90 Å². The highest BCUT2D eigenvalue weighted by Crippen LogP contribution is 2.37. The summed E-state index contributed by atoms with van der Waals surface area (Å²) in [5.41, 5.74) is -0.216. The van der Waals surface area contributed by atoms with Gasteiger partial charge >= 0.3 is 12.0 Å². The first-order valence-electron chi connectivity index (χ1n) is 7.47. The molecule has 1 aromatic rings. The third-order valence-corrected chi connectivity index (χ3v) is 5.41. The summed E-state index contributed by atoms with van der Waals surface area (Å²) < 4.78 is 0. The molecule has 5 nitrogen and oxygen atoms in total. The first-order valence-corrected chi connectivity index (χ1v) is 8.73. The Labute approximate surface area is 145 Å². The van der Waals surface area contributed by atoms with Crippen molar-refractivity contribution in [2.45, 2.75) is 37.3 Å². The van der Waals surface area contributed by atoms with Gasteiger partial charge in [0.25, 0.3) is 0 Å². The number of thioether (sulfide) groups is 1. The van der Waals surface area contributed by atoms with Crippen LogP contribution in [-0.2, 0) is 4.79 Å². The maximum Gasteiger partial charge on any atom is 0.321 e. The summed E-state index contributed by atoms with van der Waals surface area (Å²) in [6.07, 6.45) is 0.457. The fraction of sp³-hybridized carbons (Fsp3) is 0.500. The number of likely N-dealkylation sites (tertiary alicyclic amines) is 1. The van der Waals surface area contributed by atoms with Crippen LogP contribution >= 0.6 is 23.4 Å². The molecule has 1 fully saturated rings. The van der Waals surface area contributed by atoms with E-state index in [9.17, 15) is 14.7 Å². The van der Waals surface area contributed by atoms with Gasteiger partial charge in [0.1, 0.15) is 0 Å². The van der Waals surface area contributed by atoms with Crippen molar-refractivity contribution in [3.05, 3.63) is 23.2 Å². The number of benzene rings is 1. The monoisotopic (exact) mass is 356 g/mol. The highest BCUT2D eigenvalue weighted by molar-refractivity contribution is 8.00. The van der Waals surface area contributed by atoms with Crippen LogP contribution in [0.4, 0.5) is 10.5 Å². The lowest BCUT2D eigenvalue weighted by Crippen LogP contribution is -2.37. The van der Waals surface area contributed by atoms with E-state index >= 15 is 0 Å². The molecule has 23 heavy (non-hydrogen) atoms. The van der Waals surface area contributed by atoms with Gasteiger partial charge in [0.05, 0.1) is 16.1 Å². The van der Waals surface area contributed by atoms with Gasteiger partial charge in [-0.15, -0.1) is 11.8 Å². The van der Waals surface area contributed by atoms with Crippen molar-refractivity contribution in [2.75, 3.05) is 18.4 Å². The van der Waals surface area contributed by atoms with Crippen LogP contribution in [0.2, 0.25) is 5.02 Å². The van der Waals surface area contributed by atoms with Gasteiger partial charge in [0.2, 0.25) is 0 Å². The largest absolute Gasteiger partial charge is 0.481 e. The molecule has 0 bridgehead atoms. The van der Waals surface area contributed by atoms with Crippen LogP contribution in [0.1, 0.15) is 27.2 Å². The number of aliphatic carboxylic acids is 1. The molecule has 0 radical (unpaired) electrons. The number of halogens is 1. The number of carboxylic acid groups (broad SMARTS) is 1. The third-order valence-electron chi connectivity index (χ3n) is 3.84. The Bertz CT molecular complexity index is 623. The number of carbonyl (C=O) groups excluding carboxylic acids is 1. The fourth-order valence-electron chi connectivity index (χ4n) is 2.47. The van der Waals surface area contributed by atoms with E-state index in [0.717, 1.165) is 4.90 Å². The van der Waals surface area contributed by atoms with E-state index in [4.69, 9.17) is 11.6 Å². The van der Waals surface area contributed by atoms with Crippen LogP contribution in [0, 0.1) is 5.41 Å². The second-order valence-electron chi connectivity index (χ2n) is 6.25. The number of anilines is 1. The van der Waals surface area contributed by atoms with Gasteiger partial charge in [-0.3, -0.25) is 4.79 Å². The summed E-state index contributed by atoms with van der Waals surface area (Å²) in [6, 6.07) is 5.09. The molecule has 2 rings (SSSR count). The van der Waals surface area contributed by atoms with Gasteiger partial charge in [0, 0.05) is 23.2 Å². The van der Waals surface area contributed by atoms with Crippen molar-refractivity contribution >= 4 is 41.1 Å². The highest BCUT2D eigenvalue weighted by atomic mass is 35.5. The Balaban J connectivity index is 2.13. The predicted molar refractivity (Wildman–Crippen MR) is 93.4 cm³/mol. The first kappa shape index (κ1) is 17.9. The van der Waals surface area contributed by atoms with Crippen molar-refractivity contribution in [3.8, 4) is 0 Å². The van der Waals surface area contributed by atoms with Crippen molar-refractivity contribution in [1.29, 1.82) is 0 Å². The van der Waals surface area contributed by atoms with E-state index in [-0.39, 0.29) is 12.6 Å². The average Bonchev–Trinajstić information content (AvgIpc) is 2.86. The quantitative estimate of drug-likeness (QED) is 0.794. The summed E-state index contributed by atoms with van der Waals surface area (Å²) in [6.45, 7) is 6.42. The molecule has 0 saturated carbocycles. The van der Waals surface area contributed by atoms with E-state index in [1.807, 2.05) is 0 Å². The van der Waals surface area contributed by atoms with Gasteiger partial charge in [-0.2, -0.15) is 0 Å². The minimum absolute atomic E-state index is 0.210. The topological polar surface area (TPSA) is 69.6 Å². The SMILES string of the molecule is CC(C)Sc1c(Cl)cccc1NC(=O)N1CCC(C)(C(=O)O)C1. The van der Waals surface area contributed by atoms with Gasteiger partial charge in [-0.1, -0.05) is 31.5 Å². The number of hydrogen-bond donors (Lipinski definition) is 2. The Morgan fingerprint density at radius 1 is 1.43 bits per heavy atom. The predicted octanol–water partition coefficient (Wildman–Crippen LogP) is 4.17. The number of nitrogens with one attached hydrogen (secondary N) is 1. The van der Waals surface area contributed by atoms with E-state index in [0.29, 0.717) is 28.9 Å². The molecule has 1 atom stereocenters. The summed E-state index contributed by atoms with van der Waals surface area (Å²) in [5.74, 6) is -0.869. The number of nitrogens with zero attached hydrogens (tertiary/aromatic N) is 1. The Kier molecular flexibility index (Phi) is 5.47. The molecule has 2 N–H and O–H groups in total. The van der Waals surface area contributed by atoms with Gasteiger partial charge < -0.3 is 15.3 Å². The lowest BCUT2D eigenvalue weighted by Gasteiger charge is -2.21. The van der Waals surface area contributed by atoms with Gasteiger partial charge in [-0.05, 0) is 25.5 Å². The van der Waals surface area contributed by atoms with Crippen molar-refractivity contribution < 1.29 is 14.7 Å². The lowest BCUT2D eigenvalue weighted by molar-refractivity contribution is -0.146. The van der Waals surface area contributed by atoms with Crippen LogP contribution < -0.4 is 5.32 Å². The smallest absolute Gasteiger partial charge is 0.321 e. The molecule has 1 unspecified atom stereocenters. The van der Waals surface area contributed by atoms with Crippen LogP contribution in [0.5, 0.6) is 0 Å². The second kappa shape index (κ2) is 7.01.